The molecular formula is C18H29NO. The topological polar surface area (TPSA) is 21.3 Å². The summed E-state index contributed by atoms with van der Waals surface area (Å²) in [5, 5.41) is 3.48. The van der Waals surface area contributed by atoms with Crippen molar-refractivity contribution >= 4 is 0 Å². The molecule has 0 unspecified atom stereocenters. The maximum atomic E-state index is 5.96. The van der Waals surface area contributed by atoms with Crippen molar-refractivity contribution in [2.24, 2.45) is 5.41 Å². The lowest BCUT2D eigenvalue weighted by Crippen LogP contribution is -2.40. The van der Waals surface area contributed by atoms with E-state index in [0.29, 0.717) is 0 Å². The first-order valence-corrected chi connectivity index (χ1v) is 8.51. The molecule has 20 heavy (non-hydrogen) atoms. The van der Waals surface area contributed by atoms with Gasteiger partial charge in [-0.1, -0.05) is 11.1 Å². The van der Waals surface area contributed by atoms with E-state index in [2.05, 4.69) is 19.3 Å². The molecule has 0 atom stereocenters. The molecule has 2 heteroatoms. The highest BCUT2D eigenvalue weighted by Gasteiger charge is 2.46. The van der Waals surface area contributed by atoms with Gasteiger partial charge in [0.15, 0.2) is 0 Å². The van der Waals surface area contributed by atoms with Crippen molar-refractivity contribution < 1.29 is 4.74 Å². The van der Waals surface area contributed by atoms with E-state index in [1.54, 1.807) is 22.3 Å². The van der Waals surface area contributed by atoms with Crippen molar-refractivity contribution in [2.45, 2.75) is 58.3 Å². The van der Waals surface area contributed by atoms with Crippen LogP contribution in [0.3, 0.4) is 0 Å². The van der Waals surface area contributed by atoms with Crippen molar-refractivity contribution in [1.29, 1.82) is 0 Å². The van der Waals surface area contributed by atoms with Gasteiger partial charge in [0.05, 0.1) is 6.61 Å². The van der Waals surface area contributed by atoms with Gasteiger partial charge in [-0.15, -0.1) is 0 Å². The molecule has 0 spiro atoms. The Balaban J connectivity index is 2.03. The maximum Gasteiger partial charge on any atom is 0.0609 e. The Morgan fingerprint density at radius 3 is 2.00 bits per heavy atom. The van der Waals surface area contributed by atoms with E-state index in [0.717, 1.165) is 19.8 Å². The van der Waals surface area contributed by atoms with Gasteiger partial charge in [-0.05, 0) is 76.5 Å². The first-order valence-electron chi connectivity index (χ1n) is 8.51. The van der Waals surface area contributed by atoms with Gasteiger partial charge in [0, 0.05) is 18.6 Å². The van der Waals surface area contributed by atoms with Gasteiger partial charge in [0.25, 0.3) is 0 Å². The van der Waals surface area contributed by atoms with Crippen LogP contribution < -0.4 is 5.32 Å². The average Bonchev–Trinajstić information content (AvgIpc) is 2.78. The molecule has 3 aliphatic rings. The van der Waals surface area contributed by atoms with Crippen LogP contribution in [0.15, 0.2) is 22.3 Å². The molecule has 0 fully saturated rings. The summed E-state index contributed by atoms with van der Waals surface area (Å²) in [4.78, 5) is 0. The third kappa shape index (κ3) is 2.17. The summed E-state index contributed by atoms with van der Waals surface area (Å²) in [7, 11) is 2.10. The number of allylic oxidation sites excluding steroid dienone is 2. The second-order valence-corrected chi connectivity index (χ2v) is 6.58. The number of fused-ring (bicyclic) bond motifs is 1. The van der Waals surface area contributed by atoms with Crippen LogP contribution in [0.4, 0.5) is 0 Å². The minimum Gasteiger partial charge on any atom is -0.380 e. The summed E-state index contributed by atoms with van der Waals surface area (Å²) in [6, 6.07) is 0. The number of hydrogen-bond donors (Lipinski definition) is 1. The van der Waals surface area contributed by atoms with Crippen molar-refractivity contribution in [1.82, 2.24) is 5.32 Å². The Morgan fingerprint density at radius 2 is 1.50 bits per heavy atom. The zero-order chi connectivity index (χ0) is 14.0. The van der Waals surface area contributed by atoms with Gasteiger partial charge in [-0.2, -0.15) is 0 Å². The molecule has 0 saturated carbocycles. The van der Waals surface area contributed by atoms with Gasteiger partial charge >= 0.3 is 0 Å². The maximum absolute atomic E-state index is 5.96. The second-order valence-electron chi connectivity index (χ2n) is 6.58. The van der Waals surface area contributed by atoms with Crippen molar-refractivity contribution in [2.75, 3.05) is 26.8 Å². The van der Waals surface area contributed by atoms with Crippen molar-refractivity contribution in [3.8, 4) is 0 Å². The van der Waals surface area contributed by atoms with Gasteiger partial charge in [-0.3, -0.25) is 0 Å². The van der Waals surface area contributed by atoms with E-state index in [-0.39, 0.29) is 5.41 Å². The van der Waals surface area contributed by atoms with Crippen LogP contribution in [0, 0.1) is 5.41 Å². The fourth-order valence-electron chi connectivity index (χ4n) is 4.73. The minimum absolute atomic E-state index is 0.205. The fourth-order valence-corrected chi connectivity index (χ4v) is 4.73. The van der Waals surface area contributed by atoms with Crippen LogP contribution in [-0.4, -0.2) is 26.8 Å². The van der Waals surface area contributed by atoms with E-state index in [1.165, 1.54) is 51.4 Å². The summed E-state index contributed by atoms with van der Waals surface area (Å²) in [6.07, 6.45) is 10.8. The van der Waals surface area contributed by atoms with Gasteiger partial charge in [0.2, 0.25) is 0 Å². The molecule has 1 N–H and O–H groups in total. The molecule has 2 nitrogen and oxygen atoms in total. The molecule has 0 saturated heterocycles. The van der Waals surface area contributed by atoms with Crippen LogP contribution >= 0.6 is 0 Å². The molecular weight excluding hydrogens is 246 g/mol. The van der Waals surface area contributed by atoms with E-state index >= 15 is 0 Å². The minimum atomic E-state index is 0.205. The quantitative estimate of drug-likeness (QED) is 0.819. The van der Waals surface area contributed by atoms with Gasteiger partial charge in [0.1, 0.15) is 0 Å². The molecule has 0 aromatic heterocycles. The monoisotopic (exact) mass is 275 g/mol. The van der Waals surface area contributed by atoms with E-state index < -0.39 is 0 Å². The fraction of sp³-hybridized carbons (Fsp3) is 0.778. The molecule has 0 aromatic carbocycles. The highest BCUT2D eigenvalue weighted by Crippen LogP contribution is 2.56. The summed E-state index contributed by atoms with van der Waals surface area (Å²) >= 11 is 0. The van der Waals surface area contributed by atoms with Crippen LogP contribution in [0.5, 0.6) is 0 Å². The van der Waals surface area contributed by atoms with E-state index in [4.69, 9.17) is 4.74 Å². The Hall–Kier alpha value is -0.600. The molecule has 0 bridgehead atoms. The van der Waals surface area contributed by atoms with Crippen LogP contribution in [-0.2, 0) is 4.74 Å². The molecule has 0 heterocycles. The van der Waals surface area contributed by atoms with E-state index in [9.17, 15) is 0 Å². The number of ether oxygens (including phenoxy) is 1. The summed E-state index contributed by atoms with van der Waals surface area (Å²) in [5.41, 5.74) is 7.20. The largest absolute Gasteiger partial charge is 0.380 e. The zero-order valence-corrected chi connectivity index (χ0v) is 13.2. The smallest absolute Gasteiger partial charge is 0.0609 e. The third-order valence-electron chi connectivity index (χ3n) is 5.49. The molecule has 112 valence electrons. The number of rotatable bonds is 5. The summed E-state index contributed by atoms with van der Waals surface area (Å²) in [5.74, 6) is 0. The molecule has 3 aliphatic carbocycles. The lowest BCUT2D eigenvalue weighted by Gasteiger charge is -2.37. The molecule has 0 aliphatic heterocycles. The van der Waals surface area contributed by atoms with Crippen LogP contribution in [0.1, 0.15) is 58.3 Å². The van der Waals surface area contributed by atoms with Crippen LogP contribution in [0.2, 0.25) is 0 Å². The lowest BCUT2D eigenvalue weighted by molar-refractivity contribution is 0.0850. The summed E-state index contributed by atoms with van der Waals surface area (Å²) in [6.45, 7) is 4.90. The first-order chi connectivity index (χ1) is 9.83. The predicted octanol–water partition coefficient (Wildman–Crippen LogP) is 3.98. The van der Waals surface area contributed by atoms with Crippen molar-refractivity contribution in [3.05, 3.63) is 22.3 Å². The molecule has 3 rings (SSSR count). The zero-order valence-electron chi connectivity index (χ0n) is 13.2. The molecule has 0 radical (unpaired) electrons. The molecule has 0 aromatic rings. The standard InChI is InChI=1S/C18H29NO/c1-3-20-13-18(12-19-2)16-10-6-4-8-14(16)15-9-5-7-11-17(15)18/h19H,3-13H2,1-2H3. The molecule has 0 amide bonds. The highest BCUT2D eigenvalue weighted by atomic mass is 16.5. The lowest BCUT2D eigenvalue weighted by atomic mass is 9.71. The number of hydrogen-bond acceptors (Lipinski definition) is 2. The third-order valence-corrected chi connectivity index (χ3v) is 5.49. The van der Waals surface area contributed by atoms with E-state index in [1.807, 2.05) is 0 Å². The number of nitrogens with one attached hydrogen (secondary N) is 1. The first kappa shape index (κ1) is 14.3. The van der Waals surface area contributed by atoms with Crippen LogP contribution in [0.25, 0.3) is 0 Å². The Bertz CT molecular complexity index is 401. The normalized spacial score (nSPS) is 24.9. The highest BCUT2D eigenvalue weighted by molar-refractivity contribution is 5.55. The predicted molar refractivity (Wildman–Crippen MR) is 83.8 cm³/mol. The van der Waals surface area contributed by atoms with Gasteiger partial charge in [-0.25, -0.2) is 0 Å². The van der Waals surface area contributed by atoms with Crippen molar-refractivity contribution in [3.63, 3.8) is 0 Å². The summed E-state index contributed by atoms with van der Waals surface area (Å²) < 4.78 is 5.96. The van der Waals surface area contributed by atoms with Gasteiger partial charge < -0.3 is 10.1 Å². The second kappa shape index (κ2) is 6.03. The average molecular weight is 275 g/mol. The Labute approximate surface area is 123 Å². The SMILES string of the molecule is CCOCC1(CNC)C2=C(CCCC2)C2=C1CCCC2. The Morgan fingerprint density at radius 1 is 0.950 bits per heavy atom. The Kier molecular flexibility index (Phi) is 4.32.